The Morgan fingerprint density at radius 2 is 1.79 bits per heavy atom. The highest BCUT2D eigenvalue weighted by molar-refractivity contribution is 9.10. The van der Waals surface area contributed by atoms with Crippen molar-refractivity contribution in [2.24, 2.45) is 0 Å². The van der Waals surface area contributed by atoms with Crippen molar-refractivity contribution >= 4 is 32.7 Å². The molecule has 0 fully saturated rings. The normalized spacial score (nSPS) is 11.7. The molecule has 0 aliphatic heterocycles. The van der Waals surface area contributed by atoms with E-state index in [1.54, 1.807) is 0 Å². The minimum Gasteiger partial charge on any atom is -0.358 e. The minimum atomic E-state index is -0.172. The Labute approximate surface area is 150 Å². The molecule has 1 heterocycles. The third kappa shape index (κ3) is 3.24. The van der Waals surface area contributed by atoms with Gasteiger partial charge in [0.15, 0.2) is 0 Å². The van der Waals surface area contributed by atoms with Crippen LogP contribution in [0, 0.1) is 6.92 Å². The lowest BCUT2D eigenvalue weighted by Gasteiger charge is -2.26. The fourth-order valence-electron chi connectivity index (χ4n) is 3.24. The number of fused-ring (bicyclic) bond motifs is 1. The number of aromatic nitrogens is 1. The maximum atomic E-state index is 12.4. The van der Waals surface area contributed by atoms with Crippen molar-refractivity contribution in [3.8, 4) is 0 Å². The van der Waals surface area contributed by atoms with Gasteiger partial charge in [-0.25, -0.2) is 0 Å². The summed E-state index contributed by atoms with van der Waals surface area (Å²) in [5.74, 6) is -0.0481. The van der Waals surface area contributed by atoms with Crippen LogP contribution in [0.25, 0.3) is 10.9 Å². The predicted molar refractivity (Wildman–Crippen MR) is 103 cm³/mol. The Morgan fingerprint density at radius 3 is 2.50 bits per heavy atom. The maximum absolute atomic E-state index is 12.4. The zero-order chi connectivity index (χ0) is 17.3. The Bertz CT molecular complexity index is 878. The van der Waals surface area contributed by atoms with Crippen molar-refractivity contribution in [3.63, 3.8) is 0 Å². The topological polar surface area (TPSA) is 44.9 Å². The molecule has 1 amide bonds. The molecule has 3 nitrogen and oxygen atoms in total. The van der Waals surface area contributed by atoms with E-state index in [4.69, 9.17) is 0 Å². The Kier molecular flexibility index (Phi) is 4.50. The number of halogens is 1. The number of hydrogen-bond donors (Lipinski definition) is 2. The SMILES string of the molecule is Cc1[nH]c2ccccc2c1C(C)(C)CNC(=O)c1ccc(Br)cc1. The van der Waals surface area contributed by atoms with Gasteiger partial charge in [0.2, 0.25) is 0 Å². The zero-order valence-corrected chi connectivity index (χ0v) is 15.7. The van der Waals surface area contributed by atoms with Gasteiger partial charge in [-0.05, 0) is 42.8 Å². The molecule has 0 aliphatic rings. The Balaban J connectivity index is 1.81. The van der Waals surface area contributed by atoms with E-state index in [-0.39, 0.29) is 11.3 Å². The number of carbonyl (C=O) groups is 1. The van der Waals surface area contributed by atoms with Gasteiger partial charge in [-0.15, -0.1) is 0 Å². The lowest BCUT2D eigenvalue weighted by atomic mass is 9.82. The molecule has 0 saturated carbocycles. The van der Waals surface area contributed by atoms with Crippen LogP contribution in [-0.4, -0.2) is 17.4 Å². The van der Waals surface area contributed by atoms with E-state index in [0.717, 1.165) is 15.7 Å². The van der Waals surface area contributed by atoms with E-state index in [2.05, 4.69) is 65.2 Å². The molecule has 0 saturated heterocycles. The Hall–Kier alpha value is -2.07. The van der Waals surface area contributed by atoms with Crippen LogP contribution in [0.5, 0.6) is 0 Å². The first-order valence-electron chi connectivity index (χ1n) is 8.00. The van der Waals surface area contributed by atoms with Crippen molar-refractivity contribution < 1.29 is 4.79 Å². The largest absolute Gasteiger partial charge is 0.358 e. The fraction of sp³-hybridized carbons (Fsp3) is 0.250. The maximum Gasteiger partial charge on any atom is 0.251 e. The van der Waals surface area contributed by atoms with Crippen molar-refractivity contribution in [1.82, 2.24) is 10.3 Å². The highest BCUT2D eigenvalue weighted by Gasteiger charge is 2.27. The smallest absolute Gasteiger partial charge is 0.251 e. The number of H-pyrrole nitrogens is 1. The van der Waals surface area contributed by atoms with E-state index in [1.807, 2.05) is 30.3 Å². The lowest BCUT2D eigenvalue weighted by molar-refractivity contribution is 0.0945. The highest BCUT2D eigenvalue weighted by atomic mass is 79.9. The molecule has 3 rings (SSSR count). The molecule has 4 heteroatoms. The molecule has 2 N–H and O–H groups in total. The molecular weight excluding hydrogens is 364 g/mol. The first-order chi connectivity index (χ1) is 11.4. The van der Waals surface area contributed by atoms with Crippen LogP contribution < -0.4 is 5.32 Å². The molecule has 1 aromatic heterocycles. The summed E-state index contributed by atoms with van der Waals surface area (Å²) in [7, 11) is 0. The number of hydrogen-bond acceptors (Lipinski definition) is 1. The molecule has 0 atom stereocenters. The van der Waals surface area contributed by atoms with Crippen LogP contribution in [-0.2, 0) is 5.41 Å². The van der Waals surface area contributed by atoms with E-state index in [1.165, 1.54) is 10.9 Å². The number of aryl methyl sites for hydroxylation is 1. The standard InChI is InChI=1S/C20H21BrN2O/c1-13-18(16-6-4-5-7-17(16)23-13)20(2,3)12-22-19(24)14-8-10-15(21)11-9-14/h4-11,23H,12H2,1-3H3,(H,22,24). The minimum absolute atomic E-state index is 0.0481. The van der Waals surface area contributed by atoms with Crippen LogP contribution in [0.3, 0.4) is 0 Å². The van der Waals surface area contributed by atoms with Crippen molar-refractivity contribution in [3.05, 3.63) is 69.8 Å². The summed E-state index contributed by atoms with van der Waals surface area (Å²) in [4.78, 5) is 15.8. The number of amides is 1. The van der Waals surface area contributed by atoms with Gasteiger partial charge < -0.3 is 10.3 Å². The van der Waals surface area contributed by atoms with Crippen molar-refractivity contribution in [2.75, 3.05) is 6.54 Å². The first kappa shape index (κ1) is 16.8. The second kappa shape index (κ2) is 6.44. The van der Waals surface area contributed by atoms with Crippen LogP contribution in [0.2, 0.25) is 0 Å². The average molecular weight is 385 g/mol. The average Bonchev–Trinajstić information content (AvgIpc) is 2.90. The van der Waals surface area contributed by atoms with E-state index < -0.39 is 0 Å². The van der Waals surface area contributed by atoms with Gasteiger partial charge in [0, 0.05) is 38.6 Å². The predicted octanol–water partition coefficient (Wildman–Crippen LogP) is 4.95. The second-order valence-electron chi connectivity index (χ2n) is 6.74. The van der Waals surface area contributed by atoms with E-state index in [0.29, 0.717) is 12.1 Å². The fourth-order valence-corrected chi connectivity index (χ4v) is 3.51. The summed E-state index contributed by atoms with van der Waals surface area (Å²) in [6, 6.07) is 15.7. The van der Waals surface area contributed by atoms with Gasteiger partial charge in [0.05, 0.1) is 0 Å². The summed E-state index contributed by atoms with van der Waals surface area (Å²) in [5, 5.41) is 4.29. The van der Waals surface area contributed by atoms with Crippen LogP contribution in [0.15, 0.2) is 53.0 Å². The number of aromatic amines is 1. The van der Waals surface area contributed by atoms with Crippen molar-refractivity contribution in [2.45, 2.75) is 26.2 Å². The van der Waals surface area contributed by atoms with Crippen LogP contribution in [0.1, 0.15) is 35.5 Å². The van der Waals surface area contributed by atoms with Crippen LogP contribution in [0.4, 0.5) is 0 Å². The third-order valence-corrected chi connectivity index (χ3v) is 4.90. The molecule has 0 aliphatic carbocycles. The van der Waals surface area contributed by atoms with Gasteiger partial charge in [-0.2, -0.15) is 0 Å². The van der Waals surface area contributed by atoms with Gasteiger partial charge >= 0.3 is 0 Å². The number of para-hydroxylation sites is 1. The van der Waals surface area contributed by atoms with Crippen LogP contribution >= 0.6 is 15.9 Å². The molecule has 24 heavy (non-hydrogen) atoms. The monoisotopic (exact) mass is 384 g/mol. The van der Waals surface area contributed by atoms with Gasteiger partial charge in [-0.3, -0.25) is 4.79 Å². The molecule has 0 radical (unpaired) electrons. The number of benzene rings is 2. The Morgan fingerprint density at radius 1 is 1.12 bits per heavy atom. The number of nitrogens with one attached hydrogen (secondary N) is 2. The molecule has 0 bridgehead atoms. The summed E-state index contributed by atoms with van der Waals surface area (Å²) < 4.78 is 0.966. The van der Waals surface area contributed by atoms with E-state index >= 15 is 0 Å². The molecule has 124 valence electrons. The van der Waals surface area contributed by atoms with Crippen molar-refractivity contribution in [1.29, 1.82) is 0 Å². The first-order valence-corrected chi connectivity index (χ1v) is 8.79. The quantitative estimate of drug-likeness (QED) is 0.656. The third-order valence-electron chi connectivity index (χ3n) is 4.37. The van der Waals surface area contributed by atoms with Gasteiger partial charge in [0.25, 0.3) is 5.91 Å². The summed E-state index contributed by atoms with van der Waals surface area (Å²) in [5.41, 5.74) is 4.05. The van der Waals surface area contributed by atoms with Gasteiger partial charge in [-0.1, -0.05) is 48.0 Å². The molecule has 0 unspecified atom stereocenters. The molecule has 0 spiro atoms. The summed E-state index contributed by atoms with van der Waals surface area (Å²) >= 11 is 3.39. The van der Waals surface area contributed by atoms with Gasteiger partial charge in [0.1, 0.15) is 0 Å². The number of rotatable bonds is 4. The molecular formula is C20H21BrN2O. The summed E-state index contributed by atoms with van der Waals surface area (Å²) in [6.07, 6.45) is 0. The van der Waals surface area contributed by atoms with E-state index in [9.17, 15) is 4.79 Å². The highest BCUT2D eigenvalue weighted by Crippen LogP contribution is 2.33. The lowest BCUT2D eigenvalue weighted by Crippen LogP contribution is -2.37. The second-order valence-corrected chi connectivity index (χ2v) is 7.66. The number of carbonyl (C=O) groups excluding carboxylic acids is 1. The summed E-state index contributed by atoms with van der Waals surface area (Å²) in [6.45, 7) is 6.99. The zero-order valence-electron chi connectivity index (χ0n) is 14.1. The molecule has 2 aromatic carbocycles. The molecule has 3 aromatic rings.